The van der Waals surface area contributed by atoms with Crippen molar-refractivity contribution < 1.29 is 9.53 Å². The zero-order valence-corrected chi connectivity index (χ0v) is 9.67. The molecule has 0 amide bonds. The minimum atomic E-state index is 0.238. The lowest BCUT2D eigenvalue weighted by atomic mass is 10.0. The molecule has 1 aromatic rings. The van der Waals surface area contributed by atoms with Crippen LogP contribution in [0.3, 0.4) is 0 Å². The molecule has 0 spiro atoms. The summed E-state index contributed by atoms with van der Waals surface area (Å²) in [4.78, 5) is 11.5. The first-order valence-corrected chi connectivity index (χ1v) is 5.19. The molecule has 82 valence electrons. The Morgan fingerprint density at radius 1 is 1.20 bits per heavy atom. The summed E-state index contributed by atoms with van der Waals surface area (Å²) in [7, 11) is 1.62. The van der Waals surface area contributed by atoms with Crippen molar-refractivity contribution in [3.8, 4) is 0 Å². The van der Waals surface area contributed by atoms with Crippen LogP contribution in [0.2, 0.25) is 0 Å². The molecule has 0 saturated heterocycles. The van der Waals surface area contributed by atoms with Gasteiger partial charge in [-0.05, 0) is 19.4 Å². The van der Waals surface area contributed by atoms with Crippen LogP contribution >= 0.6 is 0 Å². The maximum atomic E-state index is 11.5. The monoisotopic (exact) mass is 206 g/mol. The van der Waals surface area contributed by atoms with Crippen LogP contribution in [0.15, 0.2) is 18.2 Å². The summed E-state index contributed by atoms with van der Waals surface area (Å²) in [6.45, 7) is 4.62. The summed E-state index contributed by atoms with van der Waals surface area (Å²) in [5.41, 5.74) is 3.53. The standard InChI is InChI=1S/C13H18O2/c1-10-6-11(2)8-12(7-10)9-13(14)4-5-15-3/h6-8H,4-5,9H2,1-3H3. The molecule has 2 heteroatoms. The van der Waals surface area contributed by atoms with Gasteiger partial charge in [-0.25, -0.2) is 0 Å². The number of ketones is 1. The smallest absolute Gasteiger partial charge is 0.139 e. The molecule has 0 atom stereocenters. The van der Waals surface area contributed by atoms with E-state index in [1.165, 1.54) is 11.1 Å². The first-order chi connectivity index (χ1) is 7.11. The van der Waals surface area contributed by atoms with E-state index in [0.717, 1.165) is 5.56 Å². The fraction of sp³-hybridized carbons (Fsp3) is 0.462. The molecule has 0 radical (unpaired) electrons. The summed E-state index contributed by atoms with van der Waals surface area (Å²) in [5.74, 6) is 0.238. The number of aryl methyl sites for hydroxylation is 2. The second-order valence-electron chi connectivity index (χ2n) is 3.95. The zero-order valence-electron chi connectivity index (χ0n) is 9.67. The number of hydrogen-bond donors (Lipinski definition) is 0. The summed E-state index contributed by atoms with van der Waals surface area (Å²) < 4.78 is 4.88. The highest BCUT2D eigenvalue weighted by Crippen LogP contribution is 2.10. The number of carbonyl (C=O) groups is 1. The van der Waals surface area contributed by atoms with Gasteiger partial charge in [-0.15, -0.1) is 0 Å². The van der Waals surface area contributed by atoms with Crippen molar-refractivity contribution in [3.63, 3.8) is 0 Å². The highest BCUT2D eigenvalue weighted by molar-refractivity contribution is 5.81. The number of ether oxygens (including phenoxy) is 1. The lowest BCUT2D eigenvalue weighted by Gasteiger charge is -2.04. The Hall–Kier alpha value is -1.15. The van der Waals surface area contributed by atoms with Crippen molar-refractivity contribution in [2.75, 3.05) is 13.7 Å². The van der Waals surface area contributed by atoms with Crippen LogP contribution in [0.25, 0.3) is 0 Å². The summed E-state index contributed by atoms with van der Waals surface area (Å²) in [6, 6.07) is 6.25. The Balaban J connectivity index is 2.60. The van der Waals surface area contributed by atoms with Crippen LogP contribution < -0.4 is 0 Å². The second-order valence-corrected chi connectivity index (χ2v) is 3.95. The van der Waals surface area contributed by atoms with Crippen molar-refractivity contribution in [2.24, 2.45) is 0 Å². The van der Waals surface area contributed by atoms with E-state index in [-0.39, 0.29) is 5.78 Å². The molecule has 0 fully saturated rings. The van der Waals surface area contributed by atoms with Gasteiger partial charge in [0.05, 0.1) is 6.61 Å². The van der Waals surface area contributed by atoms with E-state index in [2.05, 4.69) is 32.0 Å². The third-order valence-corrected chi connectivity index (χ3v) is 2.27. The van der Waals surface area contributed by atoms with Crippen LogP contribution in [-0.2, 0) is 16.0 Å². The average molecular weight is 206 g/mol. The number of carbonyl (C=O) groups excluding carboxylic acids is 1. The van der Waals surface area contributed by atoms with Gasteiger partial charge in [0.25, 0.3) is 0 Å². The van der Waals surface area contributed by atoms with Gasteiger partial charge in [-0.3, -0.25) is 4.79 Å². The normalized spacial score (nSPS) is 10.3. The van der Waals surface area contributed by atoms with Crippen LogP contribution in [0.5, 0.6) is 0 Å². The molecular formula is C13H18O2. The molecule has 0 bridgehead atoms. The number of hydrogen-bond acceptors (Lipinski definition) is 2. The van der Waals surface area contributed by atoms with Crippen molar-refractivity contribution >= 4 is 5.78 Å². The maximum absolute atomic E-state index is 11.5. The van der Waals surface area contributed by atoms with E-state index in [1.54, 1.807) is 7.11 Å². The predicted molar refractivity (Wildman–Crippen MR) is 61.1 cm³/mol. The van der Waals surface area contributed by atoms with E-state index in [0.29, 0.717) is 19.4 Å². The average Bonchev–Trinajstić information content (AvgIpc) is 2.13. The molecule has 0 aliphatic carbocycles. The zero-order chi connectivity index (χ0) is 11.3. The second kappa shape index (κ2) is 5.66. The van der Waals surface area contributed by atoms with E-state index >= 15 is 0 Å². The fourth-order valence-electron chi connectivity index (χ4n) is 1.70. The lowest BCUT2D eigenvalue weighted by Crippen LogP contribution is -2.06. The summed E-state index contributed by atoms with van der Waals surface area (Å²) in [6.07, 6.45) is 1.02. The van der Waals surface area contributed by atoms with E-state index in [9.17, 15) is 4.79 Å². The van der Waals surface area contributed by atoms with Gasteiger partial charge in [-0.2, -0.15) is 0 Å². The molecule has 0 unspecified atom stereocenters. The highest BCUT2D eigenvalue weighted by Gasteiger charge is 2.04. The minimum Gasteiger partial charge on any atom is -0.384 e. The summed E-state index contributed by atoms with van der Waals surface area (Å²) in [5, 5.41) is 0. The number of methoxy groups -OCH3 is 1. The van der Waals surface area contributed by atoms with Gasteiger partial charge >= 0.3 is 0 Å². The van der Waals surface area contributed by atoms with Gasteiger partial charge in [0, 0.05) is 20.0 Å². The van der Waals surface area contributed by atoms with Gasteiger partial charge < -0.3 is 4.74 Å². The Bertz CT molecular complexity index is 322. The van der Waals surface area contributed by atoms with Crippen LogP contribution in [0, 0.1) is 13.8 Å². The van der Waals surface area contributed by atoms with Gasteiger partial charge in [-0.1, -0.05) is 29.3 Å². The fourth-order valence-corrected chi connectivity index (χ4v) is 1.70. The third kappa shape index (κ3) is 4.26. The van der Waals surface area contributed by atoms with E-state index < -0.39 is 0 Å². The molecule has 0 N–H and O–H groups in total. The molecule has 2 nitrogen and oxygen atoms in total. The van der Waals surface area contributed by atoms with Crippen LogP contribution in [-0.4, -0.2) is 19.5 Å². The Kier molecular flexibility index (Phi) is 4.50. The van der Waals surface area contributed by atoms with Crippen LogP contribution in [0.1, 0.15) is 23.1 Å². The SMILES string of the molecule is COCCC(=O)Cc1cc(C)cc(C)c1. The summed E-state index contributed by atoms with van der Waals surface area (Å²) >= 11 is 0. The Morgan fingerprint density at radius 2 is 1.80 bits per heavy atom. The molecule has 0 aliphatic rings. The molecule has 0 aromatic heterocycles. The van der Waals surface area contributed by atoms with Gasteiger partial charge in [0.1, 0.15) is 5.78 Å². The molecule has 15 heavy (non-hydrogen) atoms. The van der Waals surface area contributed by atoms with Gasteiger partial charge in [0.2, 0.25) is 0 Å². The molecule has 1 aromatic carbocycles. The van der Waals surface area contributed by atoms with Crippen molar-refractivity contribution in [1.82, 2.24) is 0 Å². The van der Waals surface area contributed by atoms with Crippen molar-refractivity contribution in [1.29, 1.82) is 0 Å². The minimum absolute atomic E-state index is 0.238. The van der Waals surface area contributed by atoms with Gasteiger partial charge in [0.15, 0.2) is 0 Å². The van der Waals surface area contributed by atoms with E-state index in [1.807, 2.05) is 0 Å². The van der Waals surface area contributed by atoms with E-state index in [4.69, 9.17) is 4.74 Å². The molecule has 0 heterocycles. The molecule has 0 aliphatic heterocycles. The van der Waals surface area contributed by atoms with Crippen molar-refractivity contribution in [2.45, 2.75) is 26.7 Å². The lowest BCUT2D eigenvalue weighted by molar-refractivity contribution is -0.119. The Morgan fingerprint density at radius 3 is 2.33 bits per heavy atom. The predicted octanol–water partition coefficient (Wildman–Crippen LogP) is 2.45. The highest BCUT2D eigenvalue weighted by atomic mass is 16.5. The van der Waals surface area contributed by atoms with Crippen LogP contribution in [0.4, 0.5) is 0 Å². The first-order valence-electron chi connectivity index (χ1n) is 5.19. The largest absolute Gasteiger partial charge is 0.384 e. The maximum Gasteiger partial charge on any atom is 0.139 e. The number of rotatable bonds is 5. The topological polar surface area (TPSA) is 26.3 Å². The Labute approximate surface area is 91.3 Å². The molecular weight excluding hydrogens is 188 g/mol. The quantitative estimate of drug-likeness (QED) is 0.739. The van der Waals surface area contributed by atoms with Crippen molar-refractivity contribution in [3.05, 3.63) is 34.9 Å². The number of Topliss-reactive ketones (excluding diaryl/α,β-unsaturated/α-hetero) is 1. The molecule has 0 saturated carbocycles. The number of benzene rings is 1. The first kappa shape index (κ1) is 11.9. The molecule has 1 rings (SSSR count). The third-order valence-electron chi connectivity index (χ3n) is 2.27.